The Kier molecular flexibility index (Phi) is 11.1. The van der Waals surface area contributed by atoms with E-state index in [2.05, 4.69) is 21.2 Å². The molecule has 1 N–H and O–H groups in total. The Morgan fingerprint density at radius 1 is 1.02 bits per heavy atom. The molecule has 0 radical (unpaired) electrons. The van der Waals surface area contributed by atoms with Crippen LogP contribution in [-0.4, -0.2) is 50.9 Å². The number of sulfonamides is 1. The van der Waals surface area contributed by atoms with Crippen LogP contribution in [0.25, 0.3) is 0 Å². The smallest absolute Gasteiger partial charge is 0.264 e. The zero-order valence-corrected chi connectivity index (χ0v) is 27.7. The first-order chi connectivity index (χ1) is 20.5. The first-order valence-electron chi connectivity index (χ1n) is 14.3. The molecule has 0 heterocycles. The van der Waals surface area contributed by atoms with E-state index in [0.29, 0.717) is 5.75 Å². The zero-order chi connectivity index (χ0) is 31.1. The average molecular weight is 691 g/mol. The number of amides is 2. The minimum atomic E-state index is -4.20. The van der Waals surface area contributed by atoms with Crippen molar-refractivity contribution in [2.24, 2.45) is 0 Å². The molecule has 1 saturated carbocycles. The summed E-state index contributed by atoms with van der Waals surface area (Å²) in [5.41, 5.74) is 1.89. The molecule has 1 aliphatic carbocycles. The lowest BCUT2D eigenvalue weighted by atomic mass is 9.95. The minimum Gasteiger partial charge on any atom is -0.495 e. The standard InChI is InChI=1S/C32H37BrClN3O5S/c1-22-9-16-28(17-10-22)43(40,41)37(27-15-18-30(42-3)29(34)19-27)21-31(38)36(20-24-11-13-25(33)14-12-24)23(2)32(39)35-26-7-5-4-6-8-26/h9-19,23,26H,4-8,20-21H2,1-3H3,(H,35,39). The van der Waals surface area contributed by atoms with E-state index in [-0.39, 0.29) is 34.1 Å². The van der Waals surface area contributed by atoms with Crippen molar-refractivity contribution in [3.8, 4) is 5.75 Å². The van der Waals surface area contributed by atoms with Crippen LogP contribution in [0.5, 0.6) is 5.75 Å². The number of halogens is 2. The third kappa shape index (κ3) is 8.31. The fraction of sp³-hybridized carbons (Fsp3) is 0.375. The largest absolute Gasteiger partial charge is 0.495 e. The second-order valence-electron chi connectivity index (χ2n) is 10.8. The average Bonchev–Trinajstić information content (AvgIpc) is 2.99. The summed E-state index contributed by atoms with van der Waals surface area (Å²) in [6.07, 6.45) is 5.06. The van der Waals surface area contributed by atoms with Crippen molar-refractivity contribution in [1.29, 1.82) is 0 Å². The summed E-state index contributed by atoms with van der Waals surface area (Å²) in [4.78, 5) is 29.1. The van der Waals surface area contributed by atoms with Gasteiger partial charge in [-0.1, -0.05) is 76.6 Å². The number of benzene rings is 3. The maximum Gasteiger partial charge on any atom is 0.264 e. The Morgan fingerprint density at radius 3 is 2.28 bits per heavy atom. The third-order valence-corrected chi connectivity index (χ3v) is 10.3. The van der Waals surface area contributed by atoms with Crippen molar-refractivity contribution in [1.82, 2.24) is 10.2 Å². The van der Waals surface area contributed by atoms with Gasteiger partial charge >= 0.3 is 0 Å². The number of hydrogen-bond acceptors (Lipinski definition) is 5. The molecule has 4 rings (SSSR count). The van der Waals surface area contributed by atoms with Gasteiger partial charge in [-0.3, -0.25) is 13.9 Å². The van der Waals surface area contributed by atoms with Crippen LogP contribution < -0.4 is 14.4 Å². The molecule has 0 aromatic heterocycles. The van der Waals surface area contributed by atoms with Gasteiger partial charge in [-0.05, 0) is 74.7 Å². The van der Waals surface area contributed by atoms with E-state index in [1.165, 1.54) is 30.2 Å². The zero-order valence-electron chi connectivity index (χ0n) is 24.6. The van der Waals surface area contributed by atoms with Crippen molar-refractivity contribution >= 4 is 55.1 Å². The maximum atomic E-state index is 14.1. The maximum absolute atomic E-state index is 14.1. The topological polar surface area (TPSA) is 96.0 Å². The molecule has 8 nitrogen and oxygen atoms in total. The van der Waals surface area contributed by atoms with Gasteiger partial charge in [0.05, 0.1) is 22.7 Å². The second-order valence-corrected chi connectivity index (χ2v) is 14.0. The number of rotatable bonds is 11. The van der Waals surface area contributed by atoms with Crippen LogP contribution in [0.4, 0.5) is 5.69 Å². The summed E-state index contributed by atoms with van der Waals surface area (Å²) in [5, 5.41) is 3.31. The summed E-state index contributed by atoms with van der Waals surface area (Å²) in [6, 6.07) is 17.6. The van der Waals surface area contributed by atoms with Gasteiger partial charge < -0.3 is 15.0 Å². The van der Waals surface area contributed by atoms with Crippen LogP contribution in [0.15, 0.2) is 76.1 Å². The molecule has 3 aromatic carbocycles. The fourth-order valence-corrected chi connectivity index (χ4v) is 7.04. The molecule has 43 heavy (non-hydrogen) atoms. The lowest BCUT2D eigenvalue weighted by Gasteiger charge is -2.33. The van der Waals surface area contributed by atoms with E-state index in [4.69, 9.17) is 16.3 Å². The number of nitrogens with zero attached hydrogens (tertiary/aromatic N) is 2. The molecule has 1 unspecified atom stereocenters. The fourth-order valence-electron chi connectivity index (χ4n) is 5.11. The van der Waals surface area contributed by atoms with Gasteiger partial charge in [-0.2, -0.15) is 0 Å². The van der Waals surface area contributed by atoms with Crippen LogP contribution in [0, 0.1) is 6.92 Å². The SMILES string of the molecule is COc1ccc(N(CC(=O)N(Cc2ccc(Br)cc2)C(C)C(=O)NC2CCCCC2)S(=O)(=O)c2ccc(C)cc2)cc1Cl. The third-order valence-electron chi connectivity index (χ3n) is 7.70. The van der Waals surface area contributed by atoms with Crippen molar-refractivity contribution in [3.63, 3.8) is 0 Å². The van der Waals surface area contributed by atoms with Gasteiger partial charge in [0.2, 0.25) is 11.8 Å². The van der Waals surface area contributed by atoms with Crippen molar-refractivity contribution in [3.05, 3.63) is 87.4 Å². The Balaban J connectivity index is 1.70. The van der Waals surface area contributed by atoms with Gasteiger partial charge in [-0.15, -0.1) is 0 Å². The van der Waals surface area contributed by atoms with Crippen LogP contribution >= 0.6 is 27.5 Å². The molecule has 3 aromatic rings. The monoisotopic (exact) mass is 689 g/mol. The molecule has 2 amide bonds. The summed E-state index contributed by atoms with van der Waals surface area (Å²) in [7, 11) is -2.74. The van der Waals surface area contributed by atoms with E-state index in [0.717, 1.165) is 52.0 Å². The summed E-state index contributed by atoms with van der Waals surface area (Å²) in [5.74, 6) is -0.427. The lowest BCUT2D eigenvalue weighted by molar-refractivity contribution is -0.139. The molecule has 230 valence electrons. The van der Waals surface area contributed by atoms with Crippen LogP contribution in [0.1, 0.15) is 50.2 Å². The van der Waals surface area contributed by atoms with E-state index < -0.39 is 28.5 Å². The number of anilines is 1. The van der Waals surface area contributed by atoms with Crippen LogP contribution in [-0.2, 0) is 26.2 Å². The molecule has 1 fully saturated rings. The quantitative estimate of drug-likeness (QED) is 0.249. The number of methoxy groups -OCH3 is 1. The number of hydrogen-bond donors (Lipinski definition) is 1. The summed E-state index contributed by atoms with van der Waals surface area (Å²) in [6.45, 7) is 3.11. The van der Waals surface area contributed by atoms with E-state index in [9.17, 15) is 18.0 Å². The molecular formula is C32H37BrClN3O5S. The molecule has 0 spiro atoms. The molecule has 0 saturated heterocycles. The van der Waals surface area contributed by atoms with Gasteiger partial charge in [0, 0.05) is 17.1 Å². The molecule has 0 aliphatic heterocycles. The highest BCUT2D eigenvalue weighted by Crippen LogP contribution is 2.32. The number of aryl methyl sites for hydroxylation is 1. The predicted octanol–water partition coefficient (Wildman–Crippen LogP) is 6.48. The Labute approximate surface area is 267 Å². The van der Waals surface area contributed by atoms with Crippen LogP contribution in [0.2, 0.25) is 5.02 Å². The molecule has 0 bridgehead atoms. The second kappa shape index (κ2) is 14.6. The van der Waals surface area contributed by atoms with E-state index >= 15 is 0 Å². The number of nitrogens with one attached hydrogen (secondary N) is 1. The van der Waals surface area contributed by atoms with E-state index in [1.54, 1.807) is 31.2 Å². The van der Waals surface area contributed by atoms with E-state index in [1.807, 2.05) is 31.2 Å². The van der Waals surface area contributed by atoms with Crippen molar-refractivity contribution in [2.45, 2.75) is 69.5 Å². The normalized spacial score (nSPS) is 14.5. The van der Waals surface area contributed by atoms with Gasteiger partial charge in [-0.25, -0.2) is 8.42 Å². The molecular weight excluding hydrogens is 654 g/mol. The Morgan fingerprint density at radius 2 is 1.67 bits per heavy atom. The summed E-state index contributed by atoms with van der Waals surface area (Å²) >= 11 is 9.83. The molecule has 1 atom stereocenters. The van der Waals surface area contributed by atoms with Gasteiger partial charge in [0.1, 0.15) is 18.3 Å². The highest BCUT2D eigenvalue weighted by Gasteiger charge is 2.33. The first-order valence-corrected chi connectivity index (χ1v) is 16.9. The van der Waals surface area contributed by atoms with Gasteiger partial charge in [0.15, 0.2) is 0 Å². The molecule has 11 heteroatoms. The minimum absolute atomic E-state index is 0.0281. The van der Waals surface area contributed by atoms with Gasteiger partial charge in [0.25, 0.3) is 10.0 Å². The highest BCUT2D eigenvalue weighted by molar-refractivity contribution is 9.10. The number of ether oxygens (including phenoxy) is 1. The number of carbonyl (C=O) groups excluding carboxylic acids is 2. The number of carbonyl (C=O) groups is 2. The molecule has 1 aliphatic rings. The lowest BCUT2D eigenvalue weighted by Crippen LogP contribution is -2.53. The van der Waals surface area contributed by atoms with Crippen molar-refractivity contribution < 1.29 is 22.7 Å². The Bertz CT molecular complexity index is 1530. The first kappa shape index (κ1) is 32.8. The Hall–Kier alpha value is -3.08. The van der Waals surface area contributed by atoms with Crippen LogP contribution in [0.3, 0.4) is 0 Å². The summed E-state index contributed by atoms with van der Waals surface area (Å²) < 4.78 is 35.2. The van der Waals surface area contributed by atoms with Crippen molar-refractivity contribution in [2.75, 3.05) is 18.0 Å². The highest BCUT2D eigenvalue weighted by atomic mass is 79.9. The predicted molar refractivity (Wildman–Crippen MR) is 173 cm³/mol.